The lowest BCUT2D eigenvalue weighted by Gasteiger charge is -2.24. The molecule has 3 fully saturated rings. The Labute approximate surface area is 250 Å². The van der Waals surface area contributed by atoms with E-state index in [-0.39, 0.29) is 56.0 Å². The standard InChI is InChI=1S/C25H31N5O6S.C5H10/c26-23(27)17-11-19(37-15-17)13-29-24(33)20-12-25(35-9-10-36-25)16-30(20)22(32)14-28-21(31)7-4-8-34-18-5-2-1-3-6-18;1-2-4-5-3-1/h1-3,5-6,11,15,20H,4,7-10,12-14,16H2,(H3,26,27)(H,28,31)(H,29,33);1-5H2. The minimum absolute atomic E-state index is 0.0374. The van der Waals surface area contributed by atoms with E-state index in [0.29, 0.717) is 31.8 Å². The quantitative estimate of drug-likeness (QED) is 0.176. The Morgan fingerprint density at radius 2 is 1.76 bits per heavy atom. The minimum atomic E-state index is -1.01. The van der Waals surface area contributed by atoms with Crippen LogP contribution in [0.1, 0.15) is 61.8 Å². The molecule has 42 heavy (non-hydrogen) atoms. The second-order valence-electron chi connectivity index (χ2n) is 10.6. The predicted molar refractivity (Wildman–Crippen MR) is 159 cm³/mol. The molecule has 3 heterocycles. The maximum Gasteiger partial charge on any atom is 0.243 e. The summed E-state index contributed by atoms with van der Waals surface area (Å²) in [6.45, 7) is 1.28. The van der Waals surface area contributed by atoms with E-state index in [4.69, 9.17) is 25.4 Å². The van der Waals surface area contributed by atoms with Gasteiger partial charge in [0.2, 0.25) is 17.7 Å². The number of ether oxygens (including phenoxy) is 3. The largest absolute Gasteiger partial charge is 0.494 e. The van der Waals surface area contributed by atoms with E-state index in [1.807, 2.05) is 30.3 Å². The van der Waals surface area contributed by atoms with Gasteiger partial charge in [-0.2, -0.15) is 0 Å². The second kappa shape index (κ2) is 15.7. The van der Waals surface area contributed by atoms with Crippen molar-refractivity contribution in [2.24, 2.45) is 5.73 Å². The molecule has 2 aliphatic heterocycles. The fraction of sp³-hybridized carbons (Fsp3) is 0.533. The van der Waals surface area contributed by atoms with Gasteiger partial charge in [0.25, 0.3) is 0 Å². The number of amides is 3. The smallest absolute Gasteiger partial charge is 0.243 e. The summed E-state index contributed by atoms with van der Waals surface area (Å²) in [6, 6.07) is 10.3. The first-order valence-corrected chi connectivity index (χ1v) is 15.4. The highest BCUT2D eigenvalue weighted by Crippen LogP contribution is 2.35. The Hall–Kier alpha value is -3.48. The zero-order valence-electron chi connectivity index (χ0n) is 23.9. The Bertz CT molecular complexity index is 1190. The highest BCUT2D eigenvalue weighted by Gasteiger charge is 2.52. The third-order valence-electron chi connectivity index (χ3n) is 7.38. The van der Waals surface area contributed by atoms with Crippen LogP contribution in [-0.4, -0.2) is 73.2 Å². The molecule has 228 valence electrons. The molecule has 5 rings (SSSR count). The molecule has 1 aromatic carbocycles. The van der Waals surface area contributed by atoms with Gasteiger partial charge >= 0.3 is 0 Å². The summed E-state index contributed by atoms with van der Waals surface area (Å²) >= 11 is 1.38. The lowest BCUT2D eigenvalue weighted by molar-refractivity contribution is -0.152. The number of hydrogen-bond donors (Lipinski definition) is 4. The number of rotatable bonds is 11. The summed E-state index contributed by atoms with van der Waals surface area (Å²) in [5.74, 6) is -1.32. The lowest BCUT2D eigenvalue weighted by Crippen LogP contribution is -2.49. The first-order chi connectivity index (χ1) is 20.3. The number of hydrogen-bond acceptors (Lipinski definition) is 8. The van der Waals surface area contributed by atoms with E-state index in [1.165, 1.54) is 48.3 Å². The van der Waals surface area contributed by atoms with Crippen molar-refractivity contribution in [3.63, 3.8) is 0 Å². The summed E-state index contributed by atoms with van der Waals surface area (Å²) in [4.78, 5) is 40.6. The highest BCUT2D eigenvalue weighted by atomic mass is 32.1. The zero-order valence-corrected chi connectivity index (χ0v) is 24.7. The van der Waals surface area contributed by atoms with Gasteiger partial charge in [0, 0.05) is 28.7 Å². The van der Waals surface area contributed by atoms with E-state index >= 15 is 0 Å². The van der Waals surface area contributed by atoms with Crippen molar-refractivity contribution in [3.05, 3.63) is 52.2 Å². The van der Waals surface area contributed by atoms with Crippen LogP contribution in [0, 0.1) is 5.41 Å². The number of amidine groups is 1. The van der Waals surface area contributed by atoms with E-state index in [9.17, 15) is 14.4 Å². The average Bonchev–Trinajstić information content (AvgIpc) is 3.83. The Balaban J connectivity index is 0.000000732. The number of nitrogens with one attached hydrogen (secondary N) is 3. The number of thiophene rings is 1. The van der Waals surface area contributed by atoms with Crippen molar-refractivity contribution in [2.75, 3.05) is 32.9 Å². The average molecular weight is 600 g/mol. The molecule has 12 heteroatoms. The number of carbonyl (C=O) groups is 3. The maximum absolute atomic E-state index is 13.1. The van der Waals surface area contributed by atoms with Crippen LogP contribution in [0.3, 0.4) is 0 Å². The lowest BCUT2D eigenvalue weighted by atomic mass is 10.1. The van der Waals surface area contributed by atoms with Crippen LogP contribution >= 0.6 is 11.3 Å². The van der Waals surface area contributed by atoms with Crippen LogP contribution in [-0.2, 0) is 30.4 Å². The zero-order chi connectivity index (χ0) is 29.8. The minimum Gasteiger partial charge on any atom is -0.494 e. The van der Waals surface area contributed by atoms with Gasteiger partial charge in [-0.05, 0) is 24.6 Å². The summed E-state index contributed by atoms with van der Waals surface area (Å²) < 4.78 is 17.1. The van der Waals surface area contributed by atoms with Crippen LogP contribution in [0.25, 0.3) is 0 Å². The van der Waals surface area contributed by atoms with Crippen molar-refractivity contribution in [1.29, 1.82) is 5.41 Å². The van der Waals surface area contributed by atoms with E-state index < -0.39 is 11.8 Å². The van der Waals surface area contributed by atoms with Gasteiger partial charge in [-0.15, -0.1) is 11.3 Å². The maximum atomic E-state index is 13.1. The Kier molecular flexibility index (Phi) is 11.7. The van der Waals surface area contributed by atoms with Crippen molar-refractivity contribution in [2.45, 2.75) is 69.7 Å². The molecule has 5 N–H and O–H groups in total. The number of nitrogens with two attached hydrogens (primary N) is 1. The van der Waals surface area contributed by atoms with E-state index in [1.54, 1.807) is 11.4 Å². The SMILES string of the molecule is C1CCCC1.N=C(N)c1csc(CNC(=O)C2CC3(CN2C(=O)CNC(=O)CCCOc2ccccc2)OCCO3)c1. The van der Waals surface area contributed by atoms with Gasteiger partial charge < -0.3 is 35.5 Å². The Morgan fingerprint density at radius 3 is 2.40 bits per heavy atom. The van der Waals surface area contributed by atoms with Gasteiger partial charge in [0.1, 0.15) is 17.6 Å². The molecule has 0 radical (unpaired) electrons. The van der Waals surface area contributed by atoms with Crippen LogP contribution in [0.2, 0.25) is 0 Å². The molecule has 2 saturated heterocycles. The van der Waals surface area contributed by atoms with Crippen molar-refractivity contribution in [3.8, 4) is 5.75 Å². The van der Waals surface area contributed by atoms with Gasteiger partial charge in [-0.25, -0.2) is 0 Å². The molecule has 1 spiro atoms. The highest BCUT2D eigenvalue weighted by molar-refractivity contribution is 7.10. The monoisotopic (exact) mass is 599 g/mol. The van der Waals surface area contributed by atoms with E-state index in [0.717, 1.165) is 10.6 Å². The number of likely N-dealkylation sites (tertiary alicyclic amines) is 1. The third-order valence-corrected chi connectivity index (χ3v) is 8.31. The number of nitrogens with zero attached hydrogens (tertiary/aromatic N) is 1. The van der Waals surface area contributed by atoms with Gasteiger partial charge in [-0.3, -0.25) is 19.8 Å². The summed E-state index contributed by atoms with van der Waals surface area (Å²) in [7, 11) is 0. The molecular weight excluding hydrogens is 558 g/mol. The molecule has 1 atom stereocenters. The van der Waals surface area contributed by atoms with Gasteiger partial charge in [0.05, 0.1) is 39.5 Å². The number of benzene rings is 1. The predicted octanol–water partition coefficient (Wildman–Crippen LogP) is 2.92. The van der Waals surface area contributed by atoms with Crippen molar-refractivity contribution in [1.82, 2.24) is 15.5 Å². The summed E-state index contributed by atoms with van der Waals surface area (Å²) in [5, 5.41) is 14.7. The molecule has 3 aliphatic rings. The Morgan fingerprint density at radius 1 is 1.07 bits per heavy atom. The molecule has 1 aliphatic carbocycles. The van der Waals surface area contributed by atoms with Crippen molar-refractivity contribution >= 4 is 34.9 Å². The van der Waals surface area contributed by atoms with Crippen LogP contribution in [0.5, 0.6) is 5.75 Å². The van der Waals surface area contributed by atoms with Gasteiger partial charge in [-0.1, -0.05) is 50.3 Å². The summed E-state index contributed by atoms with van der Waals surface area (Å²) in [6.07, 6.45) is 8.42. The molecule has 2 aromatic rings. The molecule has 11 nitrogen and oxygen atoms in total. The molecular formula is C30H41N5O6S. The fourth-order valence-electron chi connectivity index (χ4n) is 5.14. The third kappa shape index (κ3) is 9.27. The van der Waals surface area contributed by atoms with Crippen LogP contribution in [0.15, 0.2) is 41.8 Å². The molecule has 1 unspecified atom stereocenters. The first-order valence-electron chi connectivity index (χ1n) is 14.6. The van der Waals surface area contributed by atoms with Crippen LogP contribution < -0.4 is 21.1 Å². The first kappa shape index (κ1) is 31.5. The number of para-hydroxylation sites is 1. The fourth-order valence-corrected chi connectivity index (χ4v) is 5.96. The number of nitrogen functional groups attached to an aromatic ring is 1. The molecule has 1 saturated carbocycles. The van der Waals surface area contributed by atoms with Crippen LogP contribution in [0.4, 0.5) is 0 Å². The normalized spacial score (nSPS) is 18.8. The molecule has 1 aromatic heterocycles. The van der Waals surface area contributed by atoms with E-state index in [2.05, 4.69) is 10.6 Å². The van der Waals surface area contributed by atoms with Gasteiger partial charge in [0.15, 0.2) is 5.79 Å². The van der Waals surface area contributed by atoms with Crippen molar-refractivity contribution < 1.29 is 28.6 Å². The number of carbonyl (C=O) groups excluding carboxylic acids is 3. The topological polar surface area (TPSA) is 156 Å². The second-order valence-corrected chi connectivity index (χ2v) is 11.6. The molecule has 3 amide bonds. The molecule has 0 bridgehead atoms. The summed E-state index contributed by atoms with van der Waals surface area (Å²) in [5.41, 5.74) is 6.10.